The van der Waals surface area contributed by atoms with Gasteiger partial charge in [0.1, 0.15) is 5.69 Å². The molecule has 0 aliphatic carbocycles. The molecule has 2 rings (SSSR count). The predicted octanol–water partition coefficient (Wildman–Crippen LogP) is 3.13. The third-order valence-corrected chi connectivity index (χ3v) is 2.97. The maximum Gasteiger partial charge on any atom is 0.432 e. The highest BCUT2D eigenvalue weighted by atomic mass is 19.4. The zero-order valence-electron chi connectivity index (χ0n) is 14.7. The summed E-state index contributed by atoms with van der Waals surface area (Å²) in [5.41, 5.74) is -0.598. The minimum absolute atomic E-state index is 0.0165. The Morgan fingerprint density at radius 2 is 1.92 bits per heavy atom. The number of guanidine groups is 1. The van der Waals surface area contributed by atoms with E-state index in [1.165, 1.54) is 12.3 Å². The molecule has 2 aromatic heterocycles. The molecule has 0 aromatic carbocycles. The second-order valence-corrected chi connectivity index (χ2v) is 6.56. The highest BCUT2D eigenvalue weighted by molar-refractivity contribution is 6.09. The van der Waals surface area contributed by atoms with Crippen LogP contribution in [0.25, 0.3) is 0 Å². The predicted molar refractivity (Wildman–Crippen MR) is 90.8 cm³/mol. The second kappa shape index (κ2) is 7.14. The van der Waals surface area contributed by atoms with Gasteiger partial charge in [0.05, 0.1) is 5.54 Å². The largest absolute Gasteiger partial charge is 0.432 e. The Kier molecular flexibility index (Phi) is 5.33. The highest BCUT2D eigenvalue weighted by Crippen LogP contribution is 2.28. The average Bonchev–Trinajstić information content (AvgIpc) is 2.94. The van der Waals surface area contributed by atoms with Gasteiger partial charge in [-0.2, -0.15) is 18.3 Å². The molecule has 2 aromatic rings. The molecule has 0 saturated heterocycles. The van der Waals surface area contributed by atoms with Crippen LogP contribution in [0.1, 0.15) is 42.5 Å². The van der Waals surface area contributed by atoms with Gasteiger partial charge in [-0.05, 0) is 39.8 Å². The summed E-state index contributed by atoms with van der Waals surface area (Å²) in [5.74, 6) is -0.610. The fourth-order valence-corrected chi connectivity index (χ4v) is 1.94. The van der Waals surface area contributed by atoms with Gasteiger partial charge < -0.3 is 5.32 Å². The maximum absolute atomic E-state index is 12.7. The fraction of sp³-hybridized carbons (Fsp3) is 0.375. The molecular weight excluding hydrogens is 349 g/mol. The average molecular weight is 368 g/mol. The van der Waals surface area contributed by atoms with Crippen molar-refractivity contribution in [3.05, 3.63) is 41.3 Å². The quantitative estimate of drug-likeness (QED) is 0.561. The molecule has 0 aliphatic heterocycles. The summed E-state index contributed by atoms with van der Waals surface area (Å²) in [6, 6.07) is 3.90. The fourth-order valence-electron chi connectivity index (χ4n) is 1.94. The molecule has 7 nitrogen and oxygen atoms in total. The van der Waals surface area contributed by atoms with E-state index in [2.05, 4.69) is 25.7 Å². The number of hydrogen-bond donors (Lipinski definition) is 3. The molecule has 0 radical (unpaired) electrons. The van der Waals surface area contributed by atoms with E-state index in [1.807, 2.05) is 5.10 Å². The molecule has 0 saturated carbocycles. The van der Waals surface area contributed by atoms with E-state index >= 15 is 0 Å². The first-order chi connectivity index (χ1) is 11.9. The Bertz CT molecular complexity index is 820. The van der Waals surface area contributed by atoms with Crippen molar-refractivity contribution in [3.8, 4) is 0 Å². The van der Waals surface area contributed by atoms with Gasteiger partial charge >= 0.3 is 6.18 Å². The number of carbonyl (C=O) groups is 1. The number of aromatic nitrogens is 3. The van der Waals surface area contributed by atoms with Crippen LogP contribution in [0.3, 0.4) is 0 Å². The number of nitrogens with one attached hydrogen (secondary N) is 3. The SMILES string of the molecule is Cc1cc(C(=O)NC(=NC(C)(C)C)Nc2cc(C(F)(F)F)[nH]n2)ccn1. The molecular formula is C16H19F3N6O. The monoisotopic (exact) mass is 368 g/mol. The normalized spacial score (nSPS) is 12.8. The molecule has 140 valence electrons. The van der Waals surface area contributed by atoms with E-state index in [0.29, 0.717) is 11.3 Å². The second-order valence-electron chi connectivity index (χ2n) is 6.56. The number of alkyl halides is 3. The number of nitrogens with zero attached hydrogens (tertiary/aromatic N) is 3. The van der Waals surface area contributed by atoms with E-state index < -0.39 is 23.3 Å². The summed E-state index contributed by atoms with van der Waals surface area (Å²) in [6.07, 6.45) is -3.06. The number of amides is 1. The molecule has 0 aliphatic rings. The van der Waals surface area contributed by atoms with Crippen molar-refractivity contribution >= 4 is 17.7 Å². The number of H-pyrrole nitrogens is 1. The summed E-state index contributed by atoms with van der Waals surface area (Å²) in [6.45, 7) is 7.08. The summed E-state index contributed by atoms with van der Waals surface area (Å²) in [7, 11) is 0. The summed E-state index contributed by atoms with van der Waals surface area (Å²) in [4.78, 5) is 20.7. The molecule has 3 N–H and O–H groups in total. The number of aliphatic imine (C=N–C) groups is 1. The molecule has 10 heteroatoms. The van der Waals surface area contributed by atoms with Gasteiger partial charge in [-0.15, -0.1) is 0 Å². The number of hydrogen-bond acceptors (Lipinski definition) is 4. The van der Waals surface area contributed by atoms with Gasteiger partial charge in [-0.25, -0.2) is 4.99 Å². The number of halogens is 3. The molecule has 2 heterocycles. The van der Waals surface area contributed by atoms with Crippen molar-refractivity contribution in [1.82, 2.24) is 20.5 Å². The van der Waals surface area contributed by atoms with Gasteiger partial charge in [0, 0.05) is 23.5 Å². The standard InChI is InChI=1S/C16H19F3N6O/c1-9-7-10(5-6-20-9)13(26)22-14(23-15(2,3)4)21-12-8-11(24-25-12)16(17,18)19/h5-8H,1-4H3,(H3,21,22,23,24,25,26). The number of carbonyl (C=O) groups excluding carboxylic acids is 1. The lowest BCUT2D eigenvalue weighted by molar-refractivity contribution is -0.141. The highest BCUT2D eigenvalue weighted by Gasteiger charge is 2.33. The van der Waals surface area contributed by atoms with Crippen molar-refractivity contribution in [1.29, 1.82) is 0 Å². The van der Waals surface area contributed by atoms with E-state index in [0.717, 1.165) is 6.07 Å². The lowest BCUT2D eigenvalue weighted by atomic mass is 10.1. The summed E-state index contributed by atoms with van der Waals surface area (Å²) in [5, 5.41) is 10.6. The lowest BCUT2D eigenvalue weighted by Crippen LogP contribution is -2.38. The topological polar surface area (TPSA) is 95.1 Å². The number of anilines is 1. The van der Waals surface area contributed by atoms with Gasteiger partial charge in [0.2, 0.25) is 5.96 Å². The van der Waals surface area contributed by atoms with Crippen molar-refractivity contribution in [3.63, 3.8) is 0 Å². The smallest absolute Gasteiger partial charge is 0.309 e. The molecule has 0 atom stereocenters. The molecule has 1 amide bonds. The maximum atomic E-state index is 12.7. The van der Waals surface area contributed by atoms with Crippen LogP contribution in [-0.2, 0) is 6.18 Å². The van der Waals surface area contributed by atoms with E-state index in [4.69, 9.17) is 0 Å². The van der Waals surface area contributed by atoms with Gasteiger partial charge in [-0.3, -0.25) is 20.2 Å². The summed E-state index contributed by atoms with van der Waals surface area (Å²) < 4.78 is 38.0. The van der Waals surface area contributed by atoms with Gasteiger partial charge in [0.15, 0.2) is 5.82 Å². The Hall–Kier alpha value is -2.91. The molecule has 0 fully saturated rings. The van der Waals surface area contributed by atoms with Crippen LogP contribution >= 0.6 is 0 Å². The minimum Gasteiger partial charge on any atom is -0.309 e. The number of rotatable bonds is 2. The Labute approximate surface area is 148 Å². The molecule has 0 spiro atoms. The number of pyridine rings is 1. The van der Waals surface area contributed by atoms with Crippen LogP contribution in [0, 0.1) is 6.92 Å². The van der Waals surface area contributed by atoms with E-state index in [-0.39, 0.29) is 11.8 Å². The van der Waals surface area contributed by atoms with Crippen LogP contribution in [0.15, 0.2) is 29.4 Å². The van der Waals surface area contributed by atoms with Crippen LogP contribution in [0.4, 0.5) is 19.0 Å². The molecule has 26 heavy (non-hydrogen) atoms. The minimum atomic E-state index is -4.55. The summed E-state index contributed by atoms with van der Waals surface area (Å²) >= 11 is 0. The molecule has 0 unspecified atom stereocenters. The van der Waals surface area contributed by atoms with Crippen LogP contribution in [0.5, 0.6) is 0 Å². The number of aromatic amines is 1. The van der Waals surface area contributed by atoms with Crippen molar-refractivity contribution in [2.75, 3.05) is 5.32 Å². The first-order valence-electron chi connectivity index (χ1n) is 7.67. The molecule has 0 bridgehead atoms. The number of aryl methyl sites for hydroxylation is 1. The third-order valence-electron chi connectivity index (χ3n) is 2.97. The Morgan fingerprint density at radius 1 is 1.23 bits per heavy atom. The lowest BCUT2D eigenvalue weighted by Gasteiger charge is -2.17. The Balaban J connectivity index is 2.23. The first-order valence-corrected chi connectivity index (χ1v) is 7.67. The van der Waals surface area contributed by atoms with Crippen LogP contribution < -0.4 is 10.6 Å². The van der Waals surface area contributed by atoms with Crippen LogP contribution in [0.2, 0.25) is 0 Å². The van der Waals surface area contributed by atoms with Gasteiger partial charge in [-0.1, -0.05) is 0 Å². The van der Waals surface area contributed by atoms with E-state index in [1.54, 1.807) is 33.8 Å². The van der Waals surface area contributed by atoms with Crippen molar-refractivity contribution < 1.29 is 18.0 Å². The van der Waals surface area contributed by atoms with Crippen molar-refractivity contribution in [2.45, 2.75) is 39.4 Å². The first kappa shape index (κ1) is 19.4. The zero-order chi connectivity index (χ0) is 19.5. The Morgan fingerprint density at radius 3 is 2.46 bits per heavy atom. The van der Waals surface area contributed by atoms with Crippen LogP contribution in [-0.4, -0.2) is 32.6 Å². The zero-order valence-corrected chi connectivity index (χ0v) is 14.7. The van der Waals surface area contributed by atoms with Gasteiger partial charge in [0.25, 0.3) is 5.91 Å². The third kappa shape index (κ3) is 5.57. The van der Waals surface area contributed by atoms with E-state index in [9.17, 15) is 18.0 Å². The van der Waals surface area contributed by atoms with Crippen molar-refractivity contribution in [2.24, 2.45) is 4.99 Å².